The third-order valence-electron chi connectivity index (χ3n) is 2.46. The summed E-state index contributed by atoms with van der Waals surface area (Å²) < 4.78 is 0.839. The number of amides is 1. The van der Waals surface area contributed by atoms with E-state index in [0.29, 0.717) is 22.1 Å². The Kier molecular flexibility index (Phi) is 4.57. The van der Waals surface area contributed by atoms with Gasteiger partial charge >= 0.3 is 0 Å². The van der Waals surface area contributed by atoms with Gasteiger partial charge in [-0.15, -0.1) is 0 Å². The number of nitrogens with one attached hydrogen (secondary N) is 2. The molecule has 0 unspecified atom stereocenters. The minimum absolute atomic E-state index is 0.0426. The Morgan fingerprint density at radius 1 is 1.45 bits per heavy atom. The summed E-state index contributed by atoms with van der Waals surface area (Å²) in [7, 11) is 0. The fourth-order valence-corrected chi connectivity index (χ4v) is 2.68. The van der Waals surface area contributed by atoms with Crippen molar-refractivity contribution in [3.63, 3.8) is 0 Å². The molecule has 20 heavy (non-hydrogen) atoms. The van der Waals surface area contributed by atoms with Gasteiger partial charge in [0, 0.05) is 12.1 Å². The number of halogens is 1. The minimum atomic E-state index is -0.0426. The van der Waals surface area contributed by atoms with Crippen LogP contribution in [0.3, 0.4) is 0 Å². The van der Waals surface area contributed by atoms with Gasteiger partial charge in [0.2, 0.25) is 11.0 Å². The van der Waals surface area contributed by atoms with Crippen molar-refractivity contribution in [2.24, 2.45) is 5.10 Å². The fraction of sp³-hybridized carbons (Fsp3) is 0.308. The molecule has 2 N–H and O–H groups in total. The molecule has 0 fully saturated rings. The molecule has 0 saturated heterocycles. The number of anilines is 2. The highest BCUT2D eigenvalue weighted by Gasteiger charge is 2.12. The minimum Gasteiger partial charge on any atom is -0.325 e. The zero-order chi connectivity index (χ0) is 14.7. The number of carbonyl (C=O) groups excluding carboxylic acids is 1. The highest BCUT2D eigenvalue weighted by molar-refractivity contribution is 7.22. The quantitative estimate of drug-likeness (QED) is 0.660. The van der Waals surface area contributed by atoms with Gasteiger partial charge in [0.1, 0.15) is 5.52 Å². The summed E-state index contributed by atoms with van der Waals surface area (Å²) in [6.07, 6.45) is 0.424. The highest BCUT2D eigenvalue weighted by Crippen LogP contribution is 2.36. The van der Waals surface area contributed by atoms with Crippen molar-refractivity contribution in [1.29, 1.82) is 0 Å². The van der Waals surface area contributed by atoms with Gasteiger partial charge in [0.15, 0.2) is 0 Å². The number of benzene rings is 1. The fourth-order valence-electron chi connectivity index (χ4n) is 1.52. The molecule has 1 aromatic heterocycles. The number of hydrogen-bond donors (Lipinski definition) is 2. The highest BCUT2D eigenvalue weighted by atomic mass is 35.5. The van der Waals surface area contributed by atoms with E-state index in [9.17, 15) is 4.79 Å². The number of aromatic nitrogens is 1. The number of carbonyl (C=O) groups is 1. The van der Waals surface area contributed by atoms with Crippen LogP contribution in [0, 0.1) is 0 Å². The maximum Gasteiger partial charge on any atom is 0.224 e. The number of thiazole rings is 1. The predicted octanol–water partition coefficient (Wildman–Crippen LogP) is 4.11. The molecule has 0 atom stereocenters. The topological polar surface area (TPSA) is 66.4 Å². The number of hydrazone groups is 1. The van der Waals surface area contributed by atoms with Crippen LogP contribution in [-0.4, -0.2) is 16.6 Å². The normalized spacial score (nSPS) is 10.4. The second-order valence-corrected chi connectivity index (χ2v) is 5.77. The van der Waals surface area contributed by atoms with E-state index in [0.717, 1.165) is 16.1 Å². The van der Waals surface area contributed by atoms with Crippen LogP contribution in [0.4, 0.5) is 10.8 Å². The van der Waals surface area contributed by atoms with E-state index in [1.54, 1.807) is 19.1 Å². The molecule has 1 amide bonds. The number of fused-ring (bicyclic) bond motifs is 1. The third kappa shape index (κ3) is 3.26. The summed E-state index contributed by atoms with van der Waals surface area (Å²) in [6.45, 7) is 5.58. The third-order valence-corrected chi connectivity index (χ3v) is 3.76. The molecular formula is C13H15ClN4OS. The van der Waals surface area contributed by atoms with Gasteiger partial charge < -0.3 is 5.32 Å². The molecule has 106 valence electrons. The second-order valence-electron chi connectivity index (χ2n) is 4.36. The zero-order valence-corrected chi connectivity index (χ0v) is 13.0. The molecule has 5 nitrogen and oxygen atoms in total. The Hall–Kier alpha value is -1.66. The van der Waals surface area contributed by atoms with Gasteiger partial charge in [-0.05, 0) is 26.0 Å². The average Bonchev–Trinajstić information content (AvgIpc) is 2.84. The van der Waals surface area contributed by atoms with Crippen LogP contribution >= 0.6 is 22.9 Å². The Morgan fingerprint density at radius 2 is 2.20 bits per heavy atom. The zero-order valence-electron chi connectivity index (χ0n) is 11.5. The molecule has 0 saturated carbocycles. The van der Waals surface area contributed by atoms with Crippen LogP contribution in [0.15, 0.2) is 17.2 Å². The van der Waals surface area contributed by atoms with E-state index in [4.69, 9.17) is 11.6 Å². The molecule has 2 rings (SSSR count). The second kappa shape index (κ2) is 6.19. The molecular weight excluding hydrogens is 296 g/mol. The molecule has 0 spiro atoms. The summed E-state index contributed by atoms with van der Waals surface area (Å²) >= 11 is 7.55. The summed E-state index contributed by atoms with van der Waals surface area (Å²) in [5, 5.41) is 8.15. The van der Waals surface area contributed by atoms with E-state index in [2.05, 4.69) is 20.8 Å². The number of hydrogen-bond acceptors (Lipinski definition) is 5. The van der Waals surface area contributed by atoms with Crippen LogP contribution in [-0.2, 0) is 4.79 Å². The van der Waals surface area contributed by atoms with Crippen molar-refractivity contribution in [3.8, 4) is 0 Å². The van der Waals surface area contributed by atoms with Crippen LogP contribution in [0.25, 0.3) is 10.2 Å². The maximum absolute atomic E-state index is 11.5. The van der Waals surface area contributed by atoms with Crippen molar-refractivity contribution in [3.05, 3.63) is 17.2 Å². The van der Waals surface area contributed by atoms with Crippen molar-refractivity contribution in [2.45, 2.75) is 27.2 Å². The summed E-state index contributed by atoms with van der Waals surface area (Å²) in [4.78, 5) is 15.9. The Bertz CT molecular complexity index is 676. The lowest BCUT2D eigenvalue weighted by molar-refractivity contribution is -0.115. The average molecular weight is 311 g/mol. The SMILES string of the molecule is CCC(=O)Nc1ccc(Cl)c2nc(NN=C(C)C)sc12. The first-order chi connectivity index (χ1) is 9.51. The van der Waals surface area contributed by atoms with Gasteiger partial charge in [0.25, 0.3) is 0 Å². The molecule has 0 aliphatic rings. The van der Waals surface area contributed by atoms with Crippen LogP contribution < -0.4 is 10.7 Å². The van der Waals surface area contributed by atoms with Gasteiger partial charge in [-0.3, -0.25) is 10.2 Å². The molecule has 0 bridgehead atoms. The molecule has 7 heteroatoms. The van der Waals surface area contributed by atoms with Crippen molar-refractivity contribution < 1.29 is 4.79 Å². The molecule has 0 aliphatic heterocycles. The first-order valence-electron chi connectivity index (χ1n) is 6.17. The Balaban J connectivity index is 2.42. The first-order valence-corrected chi connectivity index (χ1v) is 7.36. The number of rotatable bonds is 4. The first kappa shape index (κ1) is 14.7. The lowest BCUT2D eigenvalue weighted by atomic mass is 10.3. The number of nitrogens with zero attached hydrogens (tertiary/aromatic N) is 2. The lowest BCUT2D eigenvalue weighted by Crippen LogP contribution is -2.09. The molecule has 1 aromatic carbocycles. The van der Waals surface area contributed by atoms with E-state index < -0.39 is 0 Å². The van der Waals surface area contributed by atoms with Crippen LogP contribution in [0.1, 0.15) is 27.2 Å². The standard InChI is InChI=1S/C13H15ClN4OS/c1-4-10(19)15-9-6-5-8(14)11-12(9)20-13(16-11)18-17-7(2)3/h5-6H,4H2,1-3H3,(H,15,19)(H,16,18). The van der Waals surface area contributed by atoms with Gasteiger partial charge in [0.05, 0.1) is 15.4 Å². The van der Waals surface area contributed by atoms with Crippen LogP contribution in [0.2, 0.25) is 5.02 Å². The van der Waals surface area contributed by atoms with Gasteiger partial charge in [-0.2, -0.15) is 5.10 Å². The van der Waals surface area contributed by atoms with Gasteiger partial charge in [-0.25, -0.2) is 4.98 Å². The largest absolute Gasteiger partial charge is 0.325 e. The molecule has 1 heterocycles. The van der Waals surface area contributed by atoms with Crippen molar-refractivity contribution in [1.82, 2.24) is 4.98 Å². The van der Waals surface area contributed by atoms with Crippen molar-refractivity contribution in [2.75, 3.05) is 10.7 Å². The van der Waals surface area contributed by atoms with Crippen molar-refractivity contribution >= 4 is 55.6 Å². The smallest absolute Gasteiger partial charge is 0.224 e. The van der Waals surface area contributed by atoms with Crippen LogP contribution in [0.5, 0.6) is 0 Å². The monoisotopic (exact) mass is 310 g/mol. The van der Waals surface area contributed by atoms with E-state index in [-0.39, 0.29) is 5.91 Å². The van der Waals surface area contributed by atoms with E-state index in [1.807, 2.05) is 13.8 Å². The predicted molar refractivity (Wildman–Crippen MR) is 86.0 cm³/mol. The summed E-state index contributed by atoms with van der Waals surface area (Å²) in [6, 6.07) is 3.52. The van der Waals surface area contributed by atoms with E-state index in [1.165, 1.54) is 11.3 Å². The molecule has 2 aromatic rings. The van der Waals surface area contributed by atoms with E-state index >= 15 is 0 Å². The molecule has 0 radical (unpaired) electrons. The Morgan fingerprint density at radius 3 is 2.85 bits per heavy atom. The lowest BCUT2D eigenvalue weighted by Gasteiger charge is -2.04. The Labute approximate surface area is 126 Å². The summed E-state index contributed by atoms with van der Waals surface area (Å²) in [5.74, 6) is -0.0426. The maximum atomic E-state index is 11.5. The summed E-state index contributed by atoms with van der Waals surface area (Å²) in [5.41, 5.74) is 5.16. The van der Waals surface area contributed by atoms with Gasteiger partial charge in [-0.1, -0.05) is 29.9 Å². The molecule has 0 aliphatic carbocycles.